The molecule has 0 aliphatic carbocycles. The third-order valence-corrected chi connectivity index (χ3v) is 4.89. The minimum atomic E-state index is -0.439. The maximum absolute atomic E-state index is 12.3. The first-order valence-electron chi connectivity index (χ1n) is 7.87. The molecule has 0 radical (unpaired) electrons. The molecule has 6 nitrogen and oxygen atoms in total. The number of rotatable bonds is 5. The zero-order valence-electron chi connectivity index (χ0n) is 13.9. The zero-order chi connectivity index (χ0) is 17.3. The van der Waals surface area contributed by atoms with E-state index in [4.69, 9.17) is 0 Å². The van der Waals surface area contributed by atoms with Crippen LogP contribution in [0.25, 0.3) is 11.2 Å². The van der Waals surface area contributed by atoms with Crippen LogP contribution in [-0.2, 0) is 13.5 Å². The molecule has 0 atom stereocenters. The van der Waals surface area contributed by atoms with Gasteiger partial charge in [-0.1, -0.05) is 18.2 Å². The third kappa shape index (κ3) is 3.03. The molecule has 0 bridgehead atoms. The van der Waals surface area contributed by atoms with E-state index in [-0.39, 0.29) is 11.6 Å². The van der Waals surface area contributed by atoms with Crippen molar-refractivity contribution in [2.45, 2.75) is 31.2 Å². The summed E-state index contributed by atoms with van der Waals surface area (Å²) in [6, 6.07) is 10.3. The van der Waals surface area contributed by atoms with Crippen LogP contribution in [0.15, 0.2) is 44.8 Å². The number of thioether (sulfide) groups is 1. The molecule has 0 unspecified atom stereocenters. The zero-order valence-corrected chi connectivity index (χ0v) is 14.8. The van der Waals surface area contributed by atoms with E-state index in [1.165, 1.54) is 9.46 Å². The molecule has 24 heavy (non-hydrogen) atoms. The van der Waals surface area contributed by atoms with E-state index in [9.17, 15) is 9.59 Å². The van der Waals surface area contributed by atoms with Crippen LogP contribution < -0.4 is 11.2 Å². The summed E-state index contributed by atoms with van der Waals surface area (Å²) >= 11 is 1.75. The summed E-state index contributed by atoms with van der Waals surface area (Å²) < 4.78 is 3.32. The van der Waals surface area contributed by atoms with Crippen LogP contribution in [0.3, 0.4) is 0 Å². The Morgan fingerprint density at radius 2 is 1.92 bits per heavy atom. The number of nitrogens with one attached hydrogen (secondary N) is 1. The van der Waals surface area contributed by atoms with Crippen LogP contribution in [0.2, 0.25) is 0 Å². The van der Waals surface area contributed by atoms with E-state index >= 15 is 0 Å². The number of benzene rings is 1. The number of aryl methyl sites for hydroxylation is 2. The van der Waals surface area contributed by atoms with Crippen molar-refractivity contribution >= 4 is 22.9 Å². The van der Waals surface area contributed by atoms with Gasteiger partial charge in [-0.3, -0.25) is 14.3 Å². The van der Waals surface area contributed by atoms with Gasteiger partial charge < -0.3 is 4.57 Å². The SMILES string of the molecule is CC(C)n1c(CCSc2ccccc2)nc2c1c(=O)[nH]c(=O)n2C. The van der Waals surface area contributed by atoms with Gasteiger partial charge in [0, 0.05) is 30.2 Å². The summed E-state index contributed by atoms with van der Waals surface area (Å²) in [6.45, 7) is 4.03. The van der Waals surface area contributed by atoms with E-state index < -0.39 is 5.69 Å². The number of aromatic nitrogens is 4. The maximum Gasteiger partial charge on any atom is 0.329 e. The van der Waals surface area contributed by atoms with Gasteiger partial charge in [-0.25, -0.2) is 9.78 Å². The fourth-order valence-electron chi connectivity index (χ4n) is 2.76. The number of hydrogen-bond acceptors (Lipinski definition) is 4. The average molecular weight is 344 g/mol. The molecule has 2 heterocycles. The van der Waals surface area contributed by atoms with Crippen molar-refractivity contribution in [1.82, 2.24) is 19.1 Å². The van der Waals surface area contributed by atoms with Crippen molar-refractivity contribution in [3.63, 3.8) is 0 Å². The van der Waals surface area contributed by atoms with Crippen molar-refractivity contribution in [2.24, 2.45) is 7.05 Å². The molecule has 3 aromatic rings. The Bertz CT molecular complexity index is 970. The molecule has 0 saturated heterocycles. The normalized spacial score (nSPS) is 11.5. The lowest BCUT2D eigenvalue weighted by Gasteiger charge is -2.12. The maximum atomic E-state index is 12.3. The number of imidazole rings is 1. The monoisotopic (exact) mass is 344 g/mol. The van der Waals surface area contributed by atoms with E-state index in [0.717, 1.165) is 18.0 Å². The minimum absolute atomic E-state index is 0.0883. The molecule has 1 aromatic carbocycles. The first-order valence-corrected chi connectivity index (χ1v) is 8.85. The summed E-state index contributed by atoms with van der Waals surface area (Å²) in [6.07, 6.45) is 0.722. The highest BCUT2D eigenvalue weighted by atomic mass is 32.2. The van der Waals surface area contributed by atoms with Gasteiger partial charge in [0.05, 0.1) is 0 Å². The Hall–Kier alpha value is -2.28. The summed E-state index contributed by atoms with van der Waals surface area (Å²) in [4.78, 5) is 32.2. The van der Waals surface area contributed by atoms with Crippen LogP contribution in [0.4, 0.5) is 0 Å². The highest BCUT2D eigenvalue weighted by Crippen LogP contribution is 2.21. The van der Waals surface area contributed by atoms with Crippen LogP contribution in [0, 0.1) is 0 Å². The molecule has 1 N–H and O–H groups in total. The largest absolute Gasteiger partial charge is 0.329 e. The molecule has 3 rings (SSSR count). The van der Waals surface area contributed by atoms with E-state index in [0.29, 0.717) is 11.2 Å². The number of hydrogen-bond donors (Lipinski definition) is 1. The molecule has 0 spiro atoms. The molecule has 0 aliphatic rings. The lowest BCUT2D eigenvalue weighted by atomic mass is 10.3. The molecule has 126 valence electrons. The summed E-state index contributed by atoms with van der Waals surface area (Å²) in [5.41, 5.74) is 0.0892. The molecule has 0 fully saturated rings. The predicted molar refractivity (Wildman–Crippen MR) is 96.8 cm³/mol. The lowest BCUT2D eigenvalue weighted by molar-refractivity contribution is 0.587. The van der Waals surface area contributed by atoms with E-state index in [1.54, 1.807) is 18.8 Å². The van der Waals surface area contributed by atoms with E-state index in [2.05, 4.69) is 22.1 Å². The Morgan fingerprint density at radius 1 is 1.21 bits per heavy atom. The first-order chi connectivity index (χ1) is 11.5. The summed E-state index contributed by atoms with van der Waals surface area (Å²) in [5, 5.41) is 0. The van der Waals surface area contributed by atoms with Crippen LogP contribution in [0.5, 0.6) is 0 Å². The van der Waals surface area contributed by atoms with Crippen molar-refractivity contribution < 1.29 is 0 Å². The Labute approximate surface area is 143 Å². The van der Waals surface area contributed by atoms with Crippen LogP contribution in [0.1, 0.15) is 25.7 Å². The molecular weight excluding hydrogens is 324 g/mol. The standard InChI is InChI=1S/C17H20N4O2S/c1-11(2)21-13(9-10-24-12-7-5-4-6-8-12)18-15-14(21)16(22)19-17(23)20(15)3/h4-8,11H,9-10H2,1-3H3,(H,19,22,23). The molecular formula is C17H20N4O2S. The number of fused-ring (bicyclic) bond motifs is 1. The molecule has 0 aliphatic heterocycles. The smallest absolute Gasteiger partial charge is 0.320 e. The van der Waals surface area contributed by atoms with E-state index in [1.807, 2.05) is 36.6 Å². The number of nitrogens with zero attached hydrogens (tertiary/aromatic N) is 3. The Balaban J connectivity index is 1.97. The quantitative estimate of drug-likeness (QED) is 0.721. The van der Waals surface area contributed by atoms with Crippen LogP contribution >= 0.6 is 11.8 Å². The number of aromatic amines is 1. The van der Waals surface area contributed by atoms with Gasteiger partial charge in [0.2, 0.25) is 0 Å². The highest BCUT2D eigenvalue weighted by Gasteiger charge is 2.18. The van der Waals surface area contributed by atoms with Crippen LogP contribution in [-0.4, -0.2) is 24.9 Å². The summed E-state index contributed by atoms with van der Waals surface area (Å²) in [5.74, 6) is 1.68. The van der Waals surface area contributed by atoms with Gasteiger partial charge >= 0.3 is 5.69 Å². The highest BCUT2D eigenvalue weighted by molar-refractivity contribution is 7.99. The fourth-order valence-corrected chi connectivity index (χ4v) is 3.63. The van der Waals surface area contributed by atoms with Crippen molar-refractivity contribution in [1.29, 1.82) is 0 Å². The molecule has 0 saturated carbocycles. The lowest BCUT2D eigenvalue weighted by Crippen LogP contribution is -2.29. The van der Waals surface area contributed by atoms with Gasteiger partial charge in [0.1, 0.15) is 5.82 Å². The number of H-pyrrole nitrogens is 1. The van der Waals surface area contributed by atoms with Crippen molar-refractivity contribution in [3.05, 3.63) is 57.0 Å². The second-order valence-electron chi connectivity index (χ2n) is 5.89. The fraction of sp³-hybridized carbons (Fsp3) is 0.353. The van der Waals surface area contributed by atoms with Crippen molar-refractivity contribution in [3.8, 4) is 0 Å². The Morgan fingerprint density at radius 3 is 2.58 bits per heavy atom. The predicted octanol–water partition coefficient (Wildman–Crippen LogP) is 2.34. The topological polar surface area (TPSA) is 72.7 Å². The van der Waals surface area contributed by atoms with Crippen molar-refractivity contribution in [2.75, 3.05) is 5.75 Å². The Kier molecular flexibility index (Phi) is 4.62. The molecule has 7 heteroatoms. The second kappa shape index (κ2) is 6.68. The van der Waals surface area contributed by atoms with Gasteiger partial charge in [0.15, 0.2) is 11.2 Å². The van der Waals surface area contributed by atoms with Gasteiger partial charge in [-0.2, -0.15) is 0 Å². The second-order valence-corrected chi connectivity index (χ2v) is 7.06. The van der Waals surface area contributed by atoms with Gasteiger partial charge in [-0.15, -0.1) is 11.8 Å². The molecule has 2 aromatic heterocycles. The average Bonchev–Trinajstić information content (AvgIpc) is 2.94. The van der Waals surface area contributed by atoms with Gasteiger partial charge in [0.25, 0.3) is 5.56 Å². The molecule has 0 amide bonds. The first kappa shape index (κ1) is 16.6. The summed E-state index contributed by atoms with van der Waals surface area (Å²) in [7, 11) is 1.63. The third-order valence-electron chi connectivity index (χ3n) is 3.88. The van der Waals surface area contributed by atoms with Gasteiger partial charge in [-0.05, 0) is 26.0 Å². The minimum Gasteiger partial charge on any atom is -0.320 e.